The van der Waals surface area contributed by atoms with Crippen molar-refractivity contribution < 1.29 is 19.1 Å². The van der Waals surface area contributed by atoms with E-state index >= 15 is 0 Å². The van der Waals surface area contributed by atoms with Gasteiger partial charge in [-0.1, -0.05) is 6.42 Å². The first-order chi connectivity index (χ1) is 15.0. The number of imide groups is 1. The minimum atomic E-state index is -0.578. The number of piperidine rings is 1. The molecule has 7 heteroatoms. The first kappa shape index (κ1) is 19.3. The molecule has 1 unspecified atom stereocenters. The summed E-state index contributed by atoms with van der Waals surface area (Å²) in [5, 5.41) is 2.35. The van der Waals surface area contributed by atoms with Crippen LogP contribution >= 0.6 is 0 Å². The number of hydrogen-bond acceptors (Lipinski definition) is 5. The Balaban J connectivity index is 1.16. The van der Waals surface area contributed by atoms with Crippen LogP contribution in [0.25, 0.3) is 0 Å². The summed E-state index contributed by atoms with van der Waals surface area (Å²) in [5.74, 6) is 0.0389. The summed E-state index contributed by atoms with van der Waals surface area (Å²) in [6.07, 6.45) is 8.39. The number of nitrogens with one attached hydrogen (secondary N) is 1. The highest BCUT2D eigenvalue weighted by atomic mass is 16.5. The molecule has 0 radical (unpaired) electrons. The molecule has 3 heterocycles. The number of benzene rings is 1. The van der Waals surface area contributed by atoms with Crippen LogP contribution in [0.3, 0.4) is 0 Å². The van der Waals surface area contributed by atoms with Gasteiger partial charge in [0.15, 0.2) is 0 Å². The lowest BCUT2D eigenvalue weighted by Gasteiger charge is -2.49. The summed E-state index contributed by atoms with van der Waals surface area (Å²) < 4.78 is 6.49. The van der Waals surface area contributed by atoms with E-state index in [0.717, 1.165) is 17.7 Å². The van der Waals surface area contributed by atoms with Crippen molar-refractivity contribution in [2.24, 2.45) is 5.41 Å². The lowest BCUT2D eigenvalue weighted by molar-refractivity contribution is -0.136. The normalized spacial score (nSPS) is 31.9. The minimum absolute atomic E-state index is 0.137. The van der Waals surface area contributed by atoms with Crippen LogP contribution in [0.15, 0.2) is 18.2 Å². The maximum absolute atomic E-state index is 12.9. The van der Waals surface area contributed by atoms with E-state index in [-0.39, 0.29) is 30.2 Å². The van der Waals surface area contributed by atoms with Crippen LogP contribution in [-0.2, 0) is 16.1 Å². The van der Waals surface area contributed by atoms with Crippen molar-refractivity contribution in [3.8, 4) is 5.75 Å². The van der Waals surface area contributed by atoms with Crippen molar-refractivity contribution in [1.29, 1.82) is 0 Å². The van der Waals surface area contributed by atoms with Crippen LogP contribution in [0.2, 0.25) is 0 Å². The van der Waals surface area contributed by atoms with Gasteiger partial charge in [0.1, 0.15) is 17.9 Å². The molecule has 2 saturated carbocycles. The van der Waals surface area contributed by atoms with Gasteiger partial charge in [-0.25, -0.2) is 0 Å². The second kappa shape index (κ2) is 7.05. The molecule has 7 nitrogen and oxygen atoms in total. The highest BCUT2D eigenvalue weighted by molar-refractivity contribution is 6.05. The summed E-state index contributed by atoms with van der Waals surface area (Å²) in [5.41, 5.74) is 2.19. The average molecular weight is 424 g/mol. The molecule has 6 rings (SSSR count). The van der Waals surface area contributed by atoms with Crippen molar-refractivity contribution in [3.05, 3.63) is 29.3 Å². The van der Waals surface area contributed by atoms with E-state index in [2.05, 4.69) is 10.2 Å². The van der Waals surface area contributed by atoms with Gasteiger partial charge in [0.2, 0.25) is 11.8 Å². The van der Waals surface area contributed by atoms with Crippen molar-refractivity contribution in [3.63, 3.8) is 0 Å². The van der Waals surface area contributed by atoms with E-state index in [1.807, 2.05) is 18.2 Å². The van der Waals surface area contributed by atoms with E-state index in [9.17, 15) is 14.4 Å². The quantitative estimate of drug-likeness (QED) is 0.752. The molecular formula is C24H29N3O4. The van der Waals surface area contributed by atoms with Crippen molar-refractivity contribution in [1.82, 2.24) is 15.1 Å². The number of amides is 3. The standard InChI is InChI=1S/C24H29N3O4/c28-21-8-7-19(22(29)25-21)27-12-15-11-16(5-6-17(15)23(27)30)31-20-4-2-1-3-18(20)26-13-24(14-26)9-10-24/h5-6,11,18-20H,1-4,7-10,12-14H2,(H,25,28,29)/t18-,19?,20-/m0/s1. The predicted molar refractivity (Wildman–Crippen MR) is 112 cm³/mol. The number of carbonyl (C=O) groups is 3. The molecule has 3 atom stereocenters. The Kier molecular flexibility index (Phi) is 4.39. The van der Waals surface area contributed by atoms with Crippen LogP contribution in [0, 0.1) is 5.41 Å². The second-order valence-corrected chi connectivity index (χ2v) is 10.1. The van der Waals surface area contributed by atoms with Gasteiger partial charge in [0.25, 0.3) is 5.91 Å². The summed E-state index contributed by atoms with van der Waals surface area (Å²) in [6, 6.07) is 5.62. The van der Waals surface area contributed by atoms with Gasteiger partial charge in [-0.3, -0.25) is 24.6 Å². The van der Waals surface area contributed by atoms with Gasteiger partial charge in [-0.05, 0) is 67.7 Å². The monoisotopic (exact) mass is 423 g/mol. The molecule has 164 valence electrons. The molecule has 31 heavy (non-hydrogen) atoms. The summed E-state index contributed by atoms with van der Waals surface area (Å²) in [4.78, 5) is 40.8. The Morgan fingerprint density at radius 3 is 2.61 bits per heavy atom. The molecule has 1 spiro atoms. The predicted octanol–water partition coefficient (Wildman–Crippen LogP) is 2.23. The number of likely N-dealkylation sites (tertiary alicyclic amines) is 1. The lowest BCUT2D eigenvalue weighted by atomic mass is 9.85. The minimum Gasteiger partial charge on any atom is -0.489 e. The third-order valence-electron chi connectivity index (χ3n) is 7.95. The number of nitrogens with zero attached hydrogens (tertiary/aromatic N) is 2. The molecule has 1 aromatic rings. The van der Waals surface area contributed by atoms with Gasteiger partial charge < -0.3 is 9.64 Å². The highest BCUT2D eigenvalue weighted by Gasteiger charge is 2.55. The molecule has 0 aromatic heterocycles. The van der Waals surface area contributed by atoms with Crippen molar-refractivity contribution in [2.75, 3.05) is 13.1 Å². The van der Waals surface area contributed by atoms with E-state index in [1.54, 1.807) is 4.90 Å². The first-order valence-corrected chi connectivity index (χ1v) is 11.7. The van der Waals surface area contributed by atoms with E-state index in [0.29, 0.717) is 30.0 Å². The molecule has 4 fully saturated rings. The second-order valence-electron chi connectivity index (χ2n) is 10.1. The third-order valence-corrected chi connectivity index (χ3v) is 7.95. The number of carbonyl (C=O) groups excluding carboxylic acids is 3. The molecule has 1 aromatic carbocycles. The molecule has 1 N–H and O–H groups in total. The Bertz CT molecular complexity index is 948. The Hall–Kier alpha value is -2.41. The van der Waals surface area contributed by atoms with Gasteiger partial charge in [0.05, 0.1) is 0 Å². The van der Waals surface area contributed by atoms with E-state index < -0.39 is 6.04 Å². The molecule has 2 saturated heterocycles. The number of fused-ring (bicyclic) bond motifs is 1. The Morgan fingerprint density at radius 2 is 1.84 bits per heavy atom. The number of ether oxygens (including phenoxy) is 1. The fourth-order valence-electron chi connectivity index (χ4n) is 5.97. The fourth-order valence-corrected chi connectivity index (χ4v) is 5.97. The van der Waals surface area contributed by atoms with Gasteiger partial charge in [-0.15, -0.1) is 0 Å². The van der Waals surface area contributed by atoms with E-state index in [4.69, 9.17) is 4.74 Å². The summed E-state index contributed by atoms with van der Waals surface area (Å²) >= 11 is 0. The SMILES string of the molecule is O=C1CCC(N2Cc3cc(O[C@H]4CCCC[C@@H]4N4CC5(CC5)C4)ccc3C2=O)C(=O)N1. The first-order valence-electron chi connectivity index (χ1n) is 11.7. The maximum atomic E-state index is 12.9. The summed E-state index contributed by atoms with van der Waals surface area (Å²) in [7, 11) is 0. The van der Waals surface area contributed by atoms with E-state index in [1.165, 1.54) is 45.2 Å². The number of hydrogen-bond donors (Lipinski definition) is 1. The van der Waals surface area contributed by atoms with Crippen molar-refractivity contribution >= 4 is 17.7 Å². The van der Waals surface area contributed by atoms with Gasteiger partial charge >= 0.3 is 0 Å². The molecule has 5 aliphatic rings. The molecule has 2 aliphatic carbocycles. The van der Waals surface area contributed by atoms with Crippen LogP contribution in [0.1, 0.15) is 67.3 Å². The number of rotatable bonds is 4. The largest absolute Gasteiger partial charge is 0.489 e. The molecular weight excluding hydrogens is 394 g/mol. The summed E-state index contributed by atoms with van der Waals surface area (Å²) in [6.45, 7) is 2.86. The molecule has 3 amide bonds. The zero-order valence-electron chi connectivity index (χ0n) is 17.8. The average Bonchev–Trinajstić information content (AvgIpc) is 3.47. The van der Waals surface area contributed by atoms with Crippen LogP contribution < -0.4 is 10.1 Å². The lowest BCUT2D eigenvalue weighted by Crippen LogP contribution is -2.59. The molecule has 3 aliphatic heterocycles. The zero-order valence-corrected chi connectivity index (χ0v) is 17.8. The zero-order chi connectivity index (χ0) is 21.2. The topological polar surface area (TPSA) is 79.0 Å². The molecule has 0 bridgehead atoms. The van der Waals surface area contributed by atoms with Crippen LogP contribution in [0.4, 0.5) is 0 Å². The maximum Gasteiger partial charge on any atom is 0.255 e. The third kappa shape index (κ3) is 3.34. The Morgan fingerprint density at radius 1 is 1.03 bits per heavy atom. The Labute approximate surface area is 182 Å². The van der Waals surface area contributed by atoms with Crippen LogP contribution in [0.5, 0.6) is 5.75 Å². The smallest absolute Gasteiger partial charge is 0.255 e. The van der Waals surface area contributed by atoms with Gasteiger partial charge in [-0.2, -0.15) is 0 Å². The van der Waals surface area contributed by atoms with Crippen molar-refractivity contribution in [2.45, 2.75) is 76.1 Å². The van der Waals surface area contributed by atoms with Crippen LogP contribution in [-0.4, -0.2) is 58.8 Å². The fraction of sp³-hybridized carbons (Fsp3) is 0.625. The highest BCUT2D eigenvalue weighted by Crippen LogP contribution is 2.54. The van der Waals surface area contributed by atoms with Gasteiger partial charge in [0, 0.05) is 37.7 Å².